The van der Waals surface area contributed by atoms with E-state index in [2.05, 4.69) is 15.6 Å². The minimum Gasteiger partial charge on any atom is -0.469 e. The van der Waals surface area contributed by atoms with E-state index < -0.39 is 22.0 Å². The van der Waals surface area contributed by atoms with Gasteiger partial charge in [-0.1, -0.05) is 41.4 Å². The number of nitrogens with zero attached hydrogens (tertiary/aromatic N) is 2. The maximum absolute atomic E-state index is 13.9. The van der Waals surface area contributed by atoms with Crippen LogP contribution in [0.2, 0.25) is 10.0 Å². The summed E-state index contributed by atoms with van der Waals surface area (Å²) in [5.74, 6) is -0.415. The Bertz CT molecular complexity index is 1510. The van der Waals surface area contributed by atoms with Crippen LogP contribution in [0.3, 0.4) is 0 Å². The largest absolute Gasteiger partial charge is 0.469 e. The van der Waals surface area contributed by atoms with Crippen molar-refractivity contribution in [1.29, 1.82) is 0 Å². The third-order valence-corrected chi connectivity index (χ3v) is 8.68. The smallest absolute Gasteiger partial charge is 0.264 e. The molecule has 0 radical (unpaired) electrons. The Morgan fingerprint density at radius 2 is 1.82 bits per heavy atom. The quantitative estimate of drug-likeness (QED) is 0.425. The van der Waals surface area contributed by atoms with Crippen LogP contribution in [0.4, 0.5) is 11.4 Å². The van der Waals surface area contributed by atoms with Gasteiger partial charge in [-0.25, -0.2) is 13.4 Å². The topological polar surface area (TPSA) is 118 Å². The lowest BCUT2D eigenvalue weighted by atomic mass is 10.1. The lowest BCUT2D eigenvalue weighted by molar-refractivity contribution is -0.119. The SMILES string of the molecule is CC(=O)NCC1CN(S(=O)(=O)c2cccc(C3CC3)c2)c2cc(NC(=O)c3c(Cl)cccc3Cl)cnc2O1. The molecule has 0 spiro atoms. The molecule has 2 heterocycles. The number of nitrogens with one attached hydrogen (secondary N) is 2. The second-order valence-corrected chi connectivity index (χ2v) is 11.8. The number of ether oxygens (including phenoxy) is 1. The number of carbonyl (C=O) groups is 2. The van der Waals surface area contributed by atoms with E-state index in [9.17, 15) is 18.0 Å². The molecule has 0 saturated heterocycles. The fourth-order valence-electron chi connectivity index (χ4n) is 4.23. The number of aromatic nitrogens is 1. The van der Waals surface area contributed by atoms with Crippen molar-refractivity contribution in [2.45, 2.75) is 36.7 Å². The molecule has 1 aromatic heterocycles. The molecule has 2 N–H and O–H groups in total. The van der Waals surface area contributed by atoms with Crippen LogP contribution in [0.15, 0.2) is 59.6 Å². The van der Waals surface area contributed by atoms with Gasteiger partial charge >= 0.3 is 0 Å². The highest BCUT2D eigenvalue weighted by Crippen LogP contribution is 2.42. The monoisotopic (exact) mass is 574 g/mol. The van der Waals surface area contributed by atoms with Crippen molar-refractivity contribution < 1.29 is 22.7 Å². The molecule has 12 heteroatoms. The second-order valence-electron chi connectivity index (χ2n) is 9.16. The van der Waals surface area contributed by atoms with Crippen LogP contribution in [0.1, 0.15) is 41.6 Å². The van der Waals surface area contributed by atoms with Gasteiger partial charge in [0, 0.05) is 6.92 Å². The maximum atomic E-state index is 13.9. The molecule has 2 aliphatic rings. The standard InChI is InChI=1S/C26H24Cl2N4O5S/c1-15(33)29-13-19-14-32(38(35,36)20-5-2-4-17(10-20)16-8-9-16)23-11-18(12-30-26(23)37-19)31-25(34)24-21(27)6-3-7-22(24)28/h2-7,10-12,16,19H,8-9,13-14H2,1H3,(H,29,33)(H,31,34). The van der Waals surface area contributed by atoms with Crippen molar-refractivity contribution in [3.63, 3.8) is 0 Å². The summed E-state index contributed by atoms with van der Waals surface area (Å²) in [5, 5.41) is 5.68. The molecule has 3 aromatic rings. The molecule has 2 amide bonds. The zero-order valence-electron chi connectivity index (χ0n) is 20.3. The van der Waals surface area contributed by atoms with E-state index >= 15 is 0 Å². The van der Waals surface area contributed by atoms with Gasteiger partial charge in [-0.15, -0.1) is 0 Å². The summed E-state index contributed by atoms with van der Waals surface area (Å²) in [5.41, 5.74) is 1.44. The van der Waals surface area contributed by atoms with Gasteiger partial charge < -0.3 is 15.4 Å². The molecule has 5 rings (SSSR count). The molecule has 1 atom stereocenters. The van der Waals surface area contributed by atoms with Crippen molar-refractivity contribution in [3.05, 3.63) is 75.9 Å². The first-order chi connectivity index (χ1) is 18.1. The molecule has 198 valence electrons. The molecule has 1 unspecified atom stereocenters. The molecule has 1 aliphatic carbocycles. The Morgan fingerprint density at radius 1 is 1.11 bits per heavy atom. The number of pyridine rings is 1. The molecule has 1 fully saturated rings. The minimum absolute atomic E-state index is 0.0577. The van der Waals surface area contributed by atoms with Gasteiger partial charge in [-0.3, -0.25) is 13.9 Å². The number of rotatable bonds is 7. The first-order valence-corrected chi connectivity index (χ1v) is 14.1. The third-order valence-electron chi connectivity index (χ3n) is 6.27. The summed E-state index contributed by atoms with van der Waals surface area (Å²) < 4.78 is 34.9. The van der Waals surface area contributed by atoms with Crippen molar-refractivity contribution in [3.8, 4) is 5.88 Å². The van der Waals surface area contributed by atoms with Crippen LogP contribution in [-0.4, -0.2) is 44.4 Å². The molecule has 9 nitrogen and oxygen atoms in total. The van der Waals surface area contributed by atoms with Crippen LogP contribution in [0, 0.1) is 0 Å². The van der Waals surface area contributed by atoms with E-state index in [4.69, 9.17) is 27.9 Å². The van der Waals surface area contributed by atoms with E-state index in [1.165, 1.54) is 23.5 Å². The number of halogens is 2. The zero-order valence-corrected chi connectivity index (χ0v) is 22.6. The number of carbonyl (C=O) groups excluding carboxylic acids is 2. The van der Waals surface area contributed by atoms with E-state index in [-0.39, 0.29) is 56.8 Å². The summed E-state index contributed by atoms with van der Waals surface area (Å²) in [6, 6.07) is 13.1. The number of hydrogen-bond donors (Lipinski definition) is 2. The van der Waals surface area contributed by atoms with Crippen molar-refractivity contribution in [2.75, 3.05) is 22.7 Å². The molecular weight excluding hydrogens is 551 g/mol. The van der Waals surface area contributed by atoms with Crippen LogP contribution < -0.4 is 19.7 Å². The lowest BCUT2D eigenvalue weighted by Crippen LogP contribution is -2.48. The summed E-state index contributed by atoms with van der Waals surface area (Å²) in [6.45, 7) is 1.39. The fraction of sp³-hybridized carbons (Fsp3) is 0.269. The molecule has 0 bridgehead atoms. The number of benzene rings is 2. The number of amides is 2. The lowest BCUT2D eigenvalue weighted by Gasteiger charge is -2.35. The van der Waals surface area contributed by atoms with Crippen molar-refractivity contribution in [2.24, 2.45) is 0 Å². The fourth-order valence-corrected chi connectivity index (χ4v) is 6.34. The van der Waals surface area contributed by atoms with Gasteiger partial charge in [-0.05, 0) is 54.7 Å². The van der Waals surface area contributed by atoms with E-state index in [0.29, 0.717) is 5.92 Å². The first kappa shape index (κ1) is 26.3. The molecule has 38 heavy (non-hydrogen) atoms. The third kappa shape index (κ3) is 5.43. The Hall–Kier alpha value is -3.34. The van der Waals surface area contributed by atoms with E-state index in [1.807, 2.05) is 6.07 Å². The van der Waals surface area contributed by atoms with Gasteiger partial charge in [-0.2, -0.15) is 0 Å². The van der Waals surface area contributed by atoms with Gasteiger partial charge in [0.15, 0.2) is 0 Å². The number of anilines is 2. The highest BCUT2D eigenvalue weighted by atomic mass is 35.5. The Kier molecular flexibility index (Phi) is 7.21. The summed E-state index contributed by atoms with van der Waals surface area (Å²) in [7, 11) is -4.04. The van der Waals surface area contributed by atoms with Crippen LogP contribution >= 0.6 is 23.2 Å². The van der Waals surface area contributed by atoms with Crippen LogP contribution in [-0.2, 0) is 14.8 Å². The van der Waals surface area contributed by atoms with Crippen LogP contribution in [0.25, 0.3) is 0 Å². The second kappa shape index (κ2) is 10.4. The van der Waals surface area contributed by atoms with Crippen molar-refractivity contribution in [1.82, 2.24) is 10.3 Å². The number of fused-ring (bicyclic) bond motifs is 1. The summed E-state index contributed by atoms with van der Waals surface area (Å²) in [4.78, 5) is 28.8. The predicted octanol–water partition coefficient (Wildman–Crippen LogP) is 4.61. The van der Waals surface area contributed by atoms with Crippen molar-refractivity contribution >= 4 is 56.4 Å². The average Bonchev–Trinajstić information content (AvgIpc) is 3.73. The summed E-state index contributed by atoms with van der Waals surface area (Å²) in [6.07, 6.45) is 2.74. The Morgan fingerprint density at radius 3 is 2.50 bits per heavy atom. The highest BCUT2D eigenvalue weighted by molar-refractivity contribution is 7.92. The summed E-state index contributed by atoms with van der Waals surface area (Å²) >= 11 is 12.3. The van der Waals surface area contributed by atoms with Gasteiger partial charge in [0.25, 0.3) is 15.9 Å². The normalized spacial score (nSPS) is 16.8. The zero-order chi connectivity index (χ0) is 27.0. The first-order valence-electron chi connectivity index (χ1n) is 11.9. The highest BCUT2D eigenvalue weighted by Gasteiger charge is 2.36. The Labute approximate surface area is 230 Å². The van der Waals surface area contributed by atoms with E-state index in [0.717, 1.165) is 18.4 Å². The van der Waals surface area contributed by atoms with Gasteiger partial charge in [0.2, 0.25) is 11.8 Å². The average molecular weight is 575 g/mol. The molecular formula is C26H24Cl2N4O5S. The Balaban J connectivity index is 1.50. The van der Waals surface area contributed by atoms with Gasteiger partial charge in [0.05, 0.1) is 45.5 Å². The number of sulfonamides is 1. The van der Waals surface area contributed by atoms with E-state index in [1.54, 1.807) is 36.4 Å². The molecule has 2 aromatic carbocycles. The van der Waals surface area contributed by atoms with Gasteiger partial charge in [0.1, 0.15) is 11.8 Å². The molecule has 1 saturated carbocycles. The minimum atomic E-state index is -4.04. The number of hydrogen-bond acceptors (Lipinski definition) is 6. The predicted molar refractivity (Wildman–Crippen MR) is 145 cm³/mol. The molecule has 1 aliphatic heterocycles. The maximum Gasteiger partial charge on any atom is 0.264 e. The van der Waals surface area contributed by atoms with Crippen LogP contribution in [0.5, 0.6) is 5.88 Å².